The van der Waals surface area contributed by atoms with Crippen molar-refractivity contribution in [3.05, 3.63) is 64.7 Å². The number of nitrogens with zero attached hydrogens (tertiary/aromatic N) is 1. The number of hydrogen-bond acceptors (Lipinski definition) is 5. The normalized spacial score (nSPS) is 20.5. The van der Waals surface area contributed by atoms with Gasteiger partial charge in [-0.05, 0) is 55.0 Å². The Bertz CT molecular complexity index is 1170. The van der Waals surface area contributed by atoms with E-state index in [1.54, 1.807) is 0 Å². The second-order valence-corrected chi connectivity index (χ2v) is 8.02. The summed E-state index contributed by atoms with van der Waals surface area (Å²) in [6.07, 6.45) is 2.33. The fourth-order valence-electron chi connectivity index (χ4n) is 4.17. The number of nitrogens with one attached hydrogen (secondary N) is 2. The van der Waals surface area contributed by atoms with Crippen molar-refractivity contribution in [3.8, 4) is 0 Å². The van der Waals surface area contributed by atoms with Crippen LogP contribution in [0.25, 0.3) is 0 Å². The van der Waals surface area contributed by atoms with Crippen molar-refractivity contribution in [2.75, 3.05) is 5.32 Å². The number of carbonyl (C=O) groups excluding carboxylic acids is 5. The summed E-state index contributed by atoms with van der Waals surface area (Å²) in [6, 6.07) is 10.9. The first kappa shape index (κ1) is 19.2. The quantitative estimate of drug-likeness (QED) is 0.741. The molecule has 31 heavy (non-hydrogen) atoms. The molecule has 2 aromatic carbocycles. The maximum Gasteiger partial charge on any atom is 0.262 e. The summed E-state index contributed by atoms with van der Waals surface area (Å²) in [5.74, 6) is -2.25. The van der Waals surface area contributed by atoms with Crippen molar-refractivity contribution < 1.29 is 24.0 Å². The SMILES string of the molecule is O=C1CCC(N2C(=O)c3ccc(C(=O)Nc4ccccc4C4CC4)cc3C2=O)C(=O)N1. The maximum atomic E-state index is 12.9. The Morgan fingerprint density at radius 2 is 1.68 bits per heavy atom. The minimum atomic E-state index is -1.03. The average Bonchev–Trinajstić information content (AvgIpc) is 3.57. The Morgan fingerprint density at radius 1 is 0.935 bits per heavy atom. The number of para-hydroxylation sites is 1. The van der Waals surface area contributed by atoms with Gasteiger partial charge in [0.2, 0.25) is 11.8 Å². The van der Waals surface area contributed by atoms with E-state index in [1.165, 1.54) is 18.2 Å². The van der Waals surface area contributed by atoms with E-state index in [1.807, 2.05) is 24.3 Å². The molecule has 1 unspecified atom stereocenters. The lowest BCUT2D eigenvalue weighted by Crippen LogP contribution is -2.54. The van der Waals surface area contributed by atoms with Crippen molar-refractivity contribution >= 4 is 35.2 Å². The Labute approximate surface area is 177 Å². The highest BCUT2D eigenvalue weighted by atomic mass is 16.2. The number of amides is 5. The molecule has 2 N–H and O–H groups in total. The van der Waals surface area contributed by atoms with E-state index in [0.29, 0.717) is 5.92 Å². The third-order valence-corrected chi connectivity index (χ3v) is 5.93. The van der Waals surface area contributed by atoms with Crippen molar-refractivity contribution in [1.29, 1.82) is 0 Å². The highest BCUT2D eigenvalue weighted by molar-refractivity contribution is 6.24. The summed E-state index contributed by atoms with van der Waals surface area (Å²) in [4.78, 5) is 63.0. The monoisotopic (exact) mass is 417 g/mol. The van der Waals surface area contributed by atoms with Crippen LogP contribution in [0.5, 0.6) is 0 Å². The van der Waals surface area contributed by atoms with Crippen LogP contribution in [0.15, 0.2) is 42.5 Å². The predicted molar refractivity (Wildman–Crippen MR) is 109 cm³/mol. The van der Waals surface area contributed by atoms with Crippen LogP contribution >= 0.6 is 0 Å². The lowest BCUT2D eigenvalue weighted by atomic mass is 10.0. The lowest BCUT2D eigenvalue weighted by Gasteiger charge is -2.27. The van der Waals surface area contributed by atoms with Gasteiger partial charge in [-0.25, -0.2) is 0 Å². The van der Waals surface area contributed by atoms with E-state index in [-0.39, 0.29) is 35.4 Å². The van der Waals surface area contributed by atoms with Gasteiger partial charge in [-0.1, -0.05) is 18.2 Å². The highest BCUT2D eigenvalue weighted by Gasteiger charge is 2.44. The first-order valence-corrected chi connectivity index (χ1v) is 10.2. The van der Waals surface area contributed by atoms with Crippen molar-refractivity contribution in [3.63, 3.8) is 0 Å². The van der Waals surface area contributed by atoms with Crippen LogP contribution in [0.1, 0.15) is 68.2 Å². The molecular formula is C23H19N3O5. The number of fused-ring (bicyclic) bond motifs is 1. The molecule has 0 radical (unpaired) electrons. The molecule has 1 saturated carbocycles. The van der Waals surface area contributed by atoms with Gasteiger partial charge in [0, 0.05) is 17.7 Å². The summed E-state index contributed by atoms with van der Waals surface area (Å²) in [7, 11) is 0. The molecular weight excluding hydrogens is 398 g/mol. The molecule has 0 bridgehead atoms. The van der Waals surface area contributed by atoms with Gasteiger partial charge in [0.15, 0.2) is 0 Å². The standard InChI is InChI=1S/C23H19N3O5/c27-19-10-9-18(21(29)25-19)26-22(30)15-8-7-13(11-16(15)23(26)31)20(28)24-17-4-2-1-3-14(17)12-5-6-12/h1-4,7-8,11-12,18H,5-6,9-10H2,(H,24,28)(H,25,27,29). The zero-order valence-electron chi connectivity index (χ0n) is 16.5. The molecule has 2 aliphatic heterocycles. The van der Waals surface area contributed by atoms with E-state index in [2.05, 4.69) is 10.6 Å². The van der Waals surface area contributed by atoms with E-state index in [9.17, 15) is 24.0 Å². The fraction of sp³-hybridized carbons (Fsp3) is 0.261. The predicted octanol–water partition coefficient (Wildman–Crippen LogP) is 2.22. The van der Waals surface area contributed by atoms with Crippen LogP contribution in [0, 0.1) is 0 Å². The number of rotatable bonds is 4. The number of benzene rings is 2. The molecule has 2 heterocycles. The van der Waals surface area contributed by atoms with E-state index in [0.717, 1.165) is 29.0 Å². The molecule has 2 fully saturated rings. The molecule has 0 spiro atoms. The van der Waals surface area contributed by atoms with Crippen molar-refractivity contribution in [2.45, 2.75) is 37.6 Å². The maximum absolute atomic E-state index is 12.9. The molecule has 8 nitrogen and oxygen atoms in total. The van der Waals surface area contributed by atoms with Gasteiger partial charge in [0.05, 0.1) is 11.1 Å². The van der Waals surface area contributed by atoms with E-state index < -0.39 is 29.7 Å². The fourth-order valence-corrected chi connectivity index (χ4v) is 4.17. The van der Waals surface area contributed by atoms with Gasteiger partial charge in [-0.3, -0.25) is 34.2 Å². The van der Waals surface area contributed by atoms with Crippen LogP contribution in [-0.4, -0.2) is 40.5 Å². The molecule has 3 aliphatic rings. The molecule has 0 aromatic heterocycles. The zero-order valence-corrected chi connectivity index (χ0v) is 16.5. The summed E-state index contributed by atoms with van der Waals surface area (Å²) in [6.45, 7) is 0. The first-order chi connectivity index (χ1) is 14.9. The third-order valence-electron chi connectivity index (χ3n) is 5.93. The molecule has 5 amide bonds. The van der Waals surface area contributed by atoms with Crippen molar-refractivity contribution in [2.24, 2.45) is 0 Å². The second kappa shape index (κ2) is 7.16. The number of imide groups is 2. The van der Waals surface area contributed by atoms with Gasteiger partial charge >= 0.3 is 0 Å². The van der Waals surface area contributed by atoms with Crippen LogP contribution in [0.2, 0.25) is 0 Å². The topological polar surface area (TPSA) is 113 Å². The molecule has 156 valence electrons. The lowest BCUT2D eigenvalue weighted by molar-refractivity contribution is -0.136. The summed E-state index contributed by atoms with van der Waals surface area (Å²) in [5.41, 5.74) is 2.30. The Morgan fingerprint density at radius 3 is 2.42 bits per heavy atom. The average molecular weight is 417 g/mol. The van der Waals surface area contributed by atoms with Crippen molar-refractivity contribution in [1.82, 2.24) is 10.2 Å². The van der Waals surface area contributed by atoms with Crippen LogP contribution in [-0.2, 0) is 9.59 Å². The highest BCUT2D eigenvalue weighted by Crippen LogP contribution is 2.43. The summed E-state index contributed by atoms with van der Waals surface area (Å²) >= 11 is 0. The van der Waals surface area contributed by atoms with E-state index in [4.69, 9.17) is 0 Å². The molecule has 1 saturated heterocycles. The number of hydrogen-bond donors (Lipinski definition) is 2. The summed E-state index contributed by atoms with van der Waals surface area (Å²) in [5, 5.41) is 5.06. The minimum Gasteiger partial charge on any atom is -0.322 e. The minimum absolute atomic E-state index is 0.0534. The largest absolute Gasteiger partial charge is 0.322 e. The molecule has 5 rings (SSSR count). The molecule has 1 atom stereocenters. The Kier molecular flexibility index (Phi) is 4.43. The molecule has 1 aliphatic carbocycles. The first-order valence-electron chi connectivity index (χ1n) is 10.2. The van der Waals surface area contributed by atoms with Crippen LogP contribution in [0.3, 0.4) is 0 Å². The van der Waals surface area contributed by atoms with Gasteiger partial charge in [0.1, 0.15) is 6.04 Å². The molecule has 8 heteroatoms. The molecule has 2 aromatic rings. The number of anilines is 1. The second-order valence-electron chi connectivity index (χ2n) is 8.02. The zero-order chi connectivity index (χ0) is 21.7. The van der Waals surface area contributed by atoms with Gasteiger partial charge in [0.25, 0.3) is 17.7 Å². The Balaban J connectivity index is 1.40. The summed E-state index contributed by atoms with van der Waals surface area (Å²) < 4.78 is 0. The van der Waals surface area contributed by atoms with Gasteiger partial charge in [-0.2, -0.15) is 0 Å². The third kappa shape index (κ3) is 3.30. The smallest absolute Gasteiger partial charge is 0.262 e. The van der Waals surface area contributed by atoms with Gasteiger partial charge in [-0.15, -0.1) is 0 Å². The number of carbonyl (C=O) groups is 5. The Hall–Kier alpha value is -3.81. The van der Waals surface area contributed by atoms with E-state index >= 15 is 0 Å². The van der Waals surface area contributed by atoms with Crippen LogP contribution < -0.4 is 10.6 Å². The van der Waals surface area contributed by atoms with Gasteiger partial charge < -0.3 is 5.32 Å². The van der Waals surface area contributed by atoms with Crippen LogP contribution in [0.4, 0.5) is 5.69 Å². The number of piperidine rings is 1.